The smallest absolute Gasteiger partial charge is 0.229 e. The SMILES string of the molecule is O=C1CCC(CC2CCc3c(OCc4ccc(CN5CCC(c6cc(F)cc(F)c6)CC5)cc4)cccc3C2=O)C(=O)N1. The molecule has 2 unspecified atom stereocenters. The molecular weight excluding hydrogens is 550 g/mol. The summed E-state index contributed by atoms with van der Waals surface area (Å²) < 4.78 is 33.5. The van der Waals surface area contributed by atoms with Gasteiger partial charge in [-0.05, 0) is 92.4 Å². The highest BCUT2D eigenvalue weighted by Gasteiger charge is 2.35. The minimum atomic E-state index is -0.516. The molecule has 2 amide bonds. The van der Waals surface area contributed by atoms with Crippen molar-refractivity contribution in [3.05, 3.63) is 100 Å². The predicted molar refractivity (Wildman–Crippen MR) is 157 cm³/mol. The molecule has 2 heterocycles. The molecule has 2 saturated heterocycles. The van der Waals surface area contributed by atoms with E-state index in [0.717, 1.165) is 61.0 Å². The van der Waals surface area contributed by atoms with Crippen LogP contribution in [0.3, 0.4) is 0 Å². The van der Waals surface area contributed by atoms with Crippen molar-refractivity contribution in [2.75, 3.05) is 13.1 Å². The van der Waals surface area contributed by atoms with E-state index in [-0.39, 0.29) is 35.4 Å². The fourth-order valence-corrected chi connectivity index (χ4v) is 6.79. The number of likely N-dealkylation sites (tertiary alicyclic amines) is 1. The standard InChI is InChI=1S/C35H36F2N2O4/c36-28-17-27(18-29(37)19-28)24-12-14-39(15-13-24)20-22-4-6-23(7-5-22)21-43-32-3-1-2-31-30(32)10-8-25(34(31)41)16-26-9-11-33(40)38-35(26)42/h1-7,17-19,24-26H,8-16,20-21H2,(H,38,40,42). The molecule has 2 atom stereocenters. The maximum Gasteiger partial charge on any atom is 0.229 e. The molecule has 0 spiro atoms. The maximum atomic E-state index is 13.6. The van der Waals surface area contributed by atoms with Crippen molar-refractivity contribution >= 4 is 17.6 Å². The summed E-state index contributed by atoms with van der Waals surface area (Å²) in [7, 11) is 0. The molecule has 0 saturated carbocycles. The van der Waals surface area contributed by atoms with Crippen LogP contribution in [0, 0.1) is 23.5 Å². The number of imide groups is 1. The molecule has 3 aromatic carbocycles. The molecule has 3 aromatic rings. The molecule has 1 aliphatic carbocycles. The molecule has 0 bridgehead atoms. The second kappa shape index (κ2) is 12.8. The third kappa shape index (κ3) is 6.85. The third-order valence-electron chi connectivity index (χ3n) is 9.20. The van der Waals surface area contributed by atoms with Crippen LogP contribution in [-0.4, -0.2) is 35.6 Å². The molecule has 224 valence electrons. The summed E-state index contributed by atoms with van der Waals surface area (Å²) in [6, 6.07) is 17.8. The zero-order valence-corrected chi connectivity index (χ0v) is 24.1. The number of ether oxygens (including phenoxy) is 1. The lowest BCUT2D eigenvalue weighted by Crippen LogP contribution is -2.42. The van der Waals surface area contributed by atoms with Crippen LogP contribution in [0.25, 0.3) is 0 Å². The van der Waals surface area contributed by atoms with E-state index in [1.54, 1.807) is 0 Å². The van der Waals surface area contributed by atoms with Crippen LogP contribution >= 0.6 is 0 Å². The van der Waals surface area contributed by atoms with E-state index in [1.165, 1.54) is 17.7 Å². The molecule has 1 N–H and O–H groups in total. The predicted octanol–water partition coefficient (Wildman–Crippen LogP) is 6.11. The highest BCUT2D eigenvalue weighted by atomic mass is 19.1. The number of carbonyl (C=O) groups excluding carboxylic acids is 3. The van der Waals surface area contributed by atoms with Gasteiger partial charge < -0.3 is 4.74 Å². The lowest BCUT2D eigenvalue weighted by atomic mass is 9.76. The number of rotatable bonds is 8. The highest BCUT2D eigenvalue weighted by molar-refractivity contribution is 6.02. The Morgan fingerprint density at radius 1 is 0.814 bits per heavy atom. The number of benzene rings is 3. The number of amides is 2. The van der Waals surface area contributed by atoms with Crippen LogP contribution < -0.4 is 10.1 Å². The van der Waals surface area contributed by atoms with Gasteiger partial charge in [-0.25, -0.2) is 8.78 Å². The van der Waals surface area contributed by atoms with Gasteiger partial charge in [0.05, 0.1) is 0 Å². The second-order valence-electron chi connectivity index (χ2n) is 12.1. The number of Topliss-reactive ketones (excluding diaryl/α,β-unsaturated/α-hetero) is 1. The zero-order valence-electron chi connectivity index (χ0n) is 24.1. The minimum absolute atomic E-state index is 0.0490. The van der Waals surface area contributed by atoms with Gasteiger partial charge in [-0.1, -0.05) is 36.4 Å². The molecule has 3 aliphatic rings. The lowest BCUT2D eigenvalue weighted by molar-refractivity contribution is -0.136. The van der Waals surface area contributed by atoms with Crippen LogP contribution in [0.1, 0.15) is 77.1 Å². The summed E-state index contributed by atoms with van der Waals surface area (Å²) in [5.41, 5.74) is 4.57. The first-order valence-corrected chi connectivity index (χ1v) is 15.2. The number of hydrogen-bond acceptors (Lipinski definition) is 5. The largest absolute Gasteiger partial charge is 0.489 e. The van der Waals surface area contributed by atoms with Gasteiger partial charge in [0.2, 0.25) is 11.8 Å². The summed E-state index contributed by atoms with van der Waals surface area (Å²) in [4.78, 5) is 39.4. The lowest BCUT2D eigenvalue weighted by Gasteiger charge is -2.32. The number of piperidine rings is 2. The number of halogens is 2. The van der Waals surface area contributed by atoms with Crippen molar-refractivity contribution in [2.45, 2.75) is 64.0 Å². The molecule has 0 radical (unpaired) electrons. The number of hydrogen-bond donors (Lipinski definition) is 1. The van der Waals surface area contributed by atoms with Crippen molar-refractivity contribution in [1.29, 1.82) is 0 Å². The molecule has 43 heavy (non-hydrogen) atoms. The van der Waals surface area contributed by atoms with E-state index in [1.807, 2.05) is 18.2 Å². The van der Waals surface area contributed by atoms with Crippen LogP contribution in [0.15, 0.2) is 60.7 Å². The Labute approximate surface area is 250 Å². The van der Waals surface area contributed by atoms with Crippen molar-refractivity contribution in [3.63, 3.8) is 0 Å². The first-order valence-electron chi connectivity index (χ1n) is 15.2. The van der Waals surface area contributed by atoms with Crippen molar-refractivity contribution in [3.8, 4) is 5.75 Å². The van der Waals surface area contributed by atoms with Crippen LogP contribution in [0.2, 0.25) is 0 Å². The number of nitrogens with one attached hydrogen (secondary N) is 1. The van der Waals surface area contributed by atoms with Gasteiger partial charge in [-0.2, -0.15) is 0 Å². The Balaban J connectivity index is 1.01. The average molecular weight is 587 g/mol. The Bertz CT molecular complexity index is 1490. The molecule has 2 fully saturated rings. The molecule has 6 rings (SSSR count). The molecule has 6 nitrogen and oxygen atoms in total. The number of nitrogens with zero attached hydrogens (tertiary/aromatic N) is 1. The normalized spacial score (nSPS) is 21.4. The summed E-state index contributed by atoms with van der Waals surface area (Å²) in [5.74, 6) is -1.11. The van der Waals surface area contributed by atoms with Gasteiger partial charge in [0, 0.05) is 42.0 Å². The quantitative estimate of drug-likeness (QED) is 0.323. The first-order chi connectivity index (χ1) is 20.8. The number of ketones is 1. The molecule has 0 aromatic heterocycles. The summed E-state index contributed by atoms with van der Waals surface area (Å²) in [6.07, 6.45) is 4.41. The van der Waals surface area contributed by atoms with E-state index in [2.05, 4.69) is 34.5 Å². The van der Waals surface area contributed by atoms with E-state index < -0.39 is 11.6 Å². The zero-order chi connectivity index (χ0) is 29.9. The van der Waals surface area contributed by atoms with Gasteiger partial charge in [0.1, 0.15) is 24.0 Å². The van der Waals surface area contributed by atoms with Crippen LogP contribution in [-0.2, 0) is 29.2 Å². The Morgan fingerprint density at radius 2 is 1.51 bits per heavy atom. The van der Waals surface area contributed by atoms with Gasteiger partial charge in [0.15, 0.2) is 5.78 Å². The fourth-order valence-electron chi connectivity index (χ4n) is 6.79. The molecular formula is C35H36F2N2O4. The fraction of sp³-hybridized carbons (Fsp3) is 0.400. The monoisotopic (exact) mass is 586 g/mol. The maximum absolute atomic E-state index is 13.6. The average Bonchev–Trinajstić information content (AvgIpc) is 2.99. The summed E-state index contributed by atoms with van der Waals surface area (Å²) in [6.45, 7) is 2.96. The summed E-state index contributed by atoms with van der Waals surface area (Å²) >= 11 is 0. The molecule has 8 heteroatoms. The van der Waals surface area contributed by atoms with E-state index in [0.29, 0.717) is 44.3 Å². The van der Waals surface area contributed by atoms with Gasteiger partial charge in [0.25, 0.3) is 0 Å². The highest BCUT2D eigenvalue weighted by Crippen LogP contribution is 2.36. The van der Waals surface area contributed by atoms with Crippen molar-refractivity contribution < 1.29 is 27.9 Å². The first kappa shape index (κ1) is 29.2. The van der Waals surface area contributed by atoms with Gasteiger partial charge >= 0.3 is 0 Å². The topological polar surface area (TPSA) is 75.7 Å². The second-order valence-corrected chi connectivity index (χ2v) is 12.1. The van der Waals surface area contributed by atoms with Gasteiger partial charge in [-0.15, -0.1) is 0 Å². The van der Waals surface area contributed by atoms with Crippen molar-refractivity contribution in [2.24, 2.45) is 11.8 Å². The van der Waals surface area contributed by atoms with Crippen molar-refractivity contribution in [1.82, 2.24) is 10.2 Å². The van der Waals surface area contributed by atoms with Crippen LogP contribution in [0.5, 0.6) is 5.75 Å². The number of carbonyl (C=O) groups is 3. The Kier molecular flexibility index (Phi) is 8.66. The summed E-state index contributed by atoms with van der Waals surface area (Å²) in [5, 5.41) is 2.40. The van der Waals surface area contributed by atoms with E-state index >= 15 is 0 Å². The Hall–Kier alpha value is -3.91. The third-order valence-corrected chi connectivity index (χ3v) is 9.20. The van der Waals surface area contributed by atoms with Crippen LogP contribution in [0.4, 0.5) is 8.78 Å². The van der Waals surface area contributed by atoms with E-state index in [4.69, 9.17) is 4.74 Å². The molecule has 2 aliphatic heterocycles. The van der Waals surface area contributed by atoms with E-state index in [9.17, 15) is 23.2 Å². The number of fused-ring (bicyclic) bond motifs is 1. The minimum Gasteiger partial charge on any atom is -0.489 e. The Morgan fingerprint density at radius 3 is 2.23 bits per heavy atom. The van der Waals surface area contributed by atoms with Gasteiger partial charge in [-0.3, -0.25) is 24.6 Å².